The first-order valence-electron chi connectivity index (χ1n) is 7.38. The van der Waals surface area contributed by atoms with Gasteiger partial charge in [-0.3, -0.25) is 4.79 Å². The minimum absolute atomic E-state index is 0.0320. The second kappa shape index (κ2) is 7.62. The van der Waals surface area contributed by atoms with Crippen LogP contribution < -0.4 is 4.72 Å². The fourth-order valence-electron chi connectivity index (χ4n) is 2.10. The van der Waals surface area contributed by atoms with Gasteiger partial charge in [-0.2, -0.15) is 4.72 Å². The molecule has 0 bridgehead atoms. The topological polar surface area (TPSA) is 101 Å². The normalized spacial score (nSPS) is 13.8. The zero-order valence-electron chi connectivity index (χ0n) is 14.5. The molecule has 0 heterocycles. The molecule has 1 rings (SSSR count). The largest absolute Gasteiger partial charge is 0.347 e. The molecule has 0 radical (unpaired) electrons. The number of nitrogens with one attached hydrogen (secondary N) is 1. The van der Waals surface area contributed by atoms with Crippen LogP contribution in [0.15, 0.2) is 34.1 Å². The molecule has 136 valence electrons. The monoisotopic (exact) mass is 376 g/mol. The Morgan fingerprint density at radius 2 is 1.50 bits per heavy atom. The number of benzene rings is 1. The Hall–Kier alpha value is -1.45. The third-order valence-corrected chi connectivity index (χ3v) is 5.92. The maximum absolute atomic E-state index is 12.5. The average Bonchev–Trinajstić information content (AvgIpc) is 2.44. The van der Waals surface area contributed by atoms with Crippen molar-refractivity contribution in [1.82, 2.24) is 9.62 Å². The highest BCUT2D eigenvalue weighted by Crippen LogP contribution is 2.16. The molecular weight excluding hydrogens is 352 g/mol. The molecule has 24 heavy (non-hydrogen) atoms. The number of nitrogens with zero attached hydrogens (tertiary/aromatic N) is 1. The van der Waals surface area contributed by atoms with Gasteiger partial charge in [0.25, 0.3) is 0 Å². The minimum Gasteiger partial charge on any atom is -0.347 e. The second-order valence-electron chi connectivity index (χ2n) is 6.28. The van der Waals surface area contributed by atoms with E-state index >= 15 is 0 Å². The number of hydrogen-bond acceptors (Lipinski definition) is 5. The molecule has 0 aromatic heterocycles. The number of amides is 1. The SMILES string of the molecule is CC(C)CC(NS(=O)(=O)c1ccc(S(C)(=O)=O)cc1)C(=O)N(C)C. The lowest BCUT2D eigenvalue weighted by Gasteiger charge is -2.23. The van der Waals surface area contributed by atoms with Crippen molar-refractivity contribution in [3.05, 3.63) is 24.3 Å². The number of sulfonamides is 1. The zero-order chi connectivity index (χ0) is 18.7. The molecule has 1 aromatic rings. The van der Waals surface area contributed by atoms with Gasteiger partial charge < -0.3 is 4.90 Å². The van der Waals surface area contributed by atoms with Gasteiger partial charge in [0.05, 0.1) is 9.79 Å². The lowest BCUT2D eigenvalue weighted by molar-refractivity contribution is -0.130. The van der Waals surface area contributed by atoms with E-state index in [1.165, 1.54) is 29.2 Å². The summed E-state index contributed by atoms with van der Waals surface area (Å²) in [5.74, 6) is -0.214. The molecular formula is C15H24N2O5S2. The van der Waals surface area contributed by atoms with Gasteiger partial charge in [0.15, 0.2) is 9.84 Å². The van der Waals surface area contributed by atoms with Crippen LogP contribution in [0.5, 0.6) is 0 Å². The van der Waals surface area contributed by atoms with E-state index in [0.717, 1.165) is 6.26 Å². The average molecular weight is 377 g/mol. The third-order valence-electron chi connectivity index (χ3n) is 3.31. The highest BCUT2D eigenvalue weighted by molar-refractivity contribution is 7.90. The molecule has 0 aliphatic rings. The molecule has 1 atom stereocenters. The molecule has 1 N–H and O–H groups in total. The van der Waals surface area contributed by atoms with E-state index in [0.29, 0.717) is 6.42 Å². The standard InChI is InChI=1S/C15H24N2O5S2/c1-11(2)10-14(15(18)17(3)4)16-24(21,22)13-8-6-12(7-9-13)23(5,19)20/h6-9,11,14,16H,10H2,1-5H3. The number of sulfone groups is 1. The van der Waals surface area contributed by atoms with E-state index < -0.39 is 25.9 Å². The van der Waals surface area contributed by atoms with E-state index in [2.05, 4.69) is 4.72 Å². The molecule has 0 fully saturated rings. The van der Waals surface area contributed by atoms with Gasteiger partial charge in [-0.1, -0.05) is 13.8 Å². The summed E-state index contributed by atoms with van der Waals surface area (Å²) in [6, 6.07) is 4.01. The van der Waals surface area contributed by atoms with Crippen molar-refractivity contribution in [2.45, 2.75) is 36.1 Å². The van der Waals surface area contributed by atoms with Gasteiger partial charge in [0.1, 0.15) is 6.04 Å². The quantitative estimate of drug-likeness (QED) is 0.761. The molecule has 1 aromatic carbocycles. The predicted molar refractivity (Wildman–Crippen MR) is 91.8 cm³/mol. The van der Waals surface area contributed by atoms with Crippen LogP contribution in [-0.4, -0.2) is 54.0 Å². The van der Waals surface area contributed by atoms with E-state index in [9.17, 15) is 21.6 Å². The summed E-state index contributed by atoms with van der Waals surface area (Å²) in [6.45, 7) is 3.79. The number of carbonyl (C=O) groups is 1. The lowest BCUT2D eigenvalue weighted by atomic mass is 10.0. The van der Waals surface area contributed by atoms with E-state index in [4.69, 9.17) is 0 Å². The first kappa shape index (κ1) is 20.6. The third kappa shape index (κ3) is 5.57. The first-order chi connectivity index (χ1) is 10.8. The second-order valence-corrected chi connectivity index (χ2v) is 10.0. The van der Waals surface area contributed by atoms with Crippen molar-refractivity contribution < 1.29 is 21.6 Å². The van der Waals surface area contributed by atoms with Crippen molar-refractivity contribution >= 4 is 25.8 Å². The molecule has 0 saturated heterocycles. The molecule has 0 spiro atoms. The van der Waals surface area contributed by atoms with Crippen LogP contribution in [0.25, 0.3) is 0 Å². The molecule has 0 saturated carbocycles. The van der Waals surface area contributed by atoms with Gasteiger partial charge in [-0.05, 0) is 36.6 Å². The Labute approximate surface area is 144 Å². The van der Waals surface area contributed by atoms with Gasteiger partial charge >= 0.3 is 0 Å². The van der Waals surface area contributed by atoms with Crippen molar-refractivity contribution in [2.24, 2.45) is 5.92 Å². The Balaban J connectivity index is 3.11. The molecule has 9 heteroatoms. The van der Waals surface area contributed by atoms with Crippen LogP contribution >= 0.6 is 0 Å². The Bertz CT molecular complexity index is 782. The summed E-state index contributed by atoms with van der Waals surface area (Å²) in [5.41, 5.74) is 0. The molecule has 1 unspecified atom stereocenters. The number of carbonyl (C=O) groups excluding carboxylic acids is 1. The Morgan fingerprint density at radius 3 is 1.88 bits per heavy atom. The van der Waals surface area contributed by atoms with Crippen LogP contribution in [0.3, 0.4) is 0 Å². The van der Waals surface area contributed by atoms with Gasteiger partial charge in [-0.25, -0.2) is 16.8 Å². The van der Waals surface area contributed by atoms with Gasteiger partial charge in [-0.15, -0.1) is 0 Å². The molecule has 7 nitrogen and oxygen atoms in total. The molecule has 0 aliphatic heterocycles. The van der Waals surface area contributed by atoms with Crippen LogP contribution in [0.4, 0.5) is 0 Å². The molecule has 0 aliphatic carbocycles. The summed E-state index contributed by atoms with van der Waals surface area (Å²) in [7, 11) is -4.22. The fraction of sp³-hybridized carbons (Fsp3) is 0.533. The smallest absolute Gasteiger partial charge is 0.241 e. The molecule has 1 amide bonds. The van der Waals surface area contributed by atoms with E-state index in [1.807, 2.05) is 13.8 Å². The van der Waals surface area contributed by atoms with Crippen molar-refractivity contribution in [1.29, 1.82) is 0 Å². The summed E-state index contributed by atoms with van der Waals surface area (Å²) in [6.07, 6.45) is 1.40. The van der Waals surface area contributed by atoms with Gasteiger partial charge in [0, 0.05) is 20.4 Å². The van der Waals surface area contributed by atoms with Crippen LogP contribution in [-0.2, 0) is 24.7 Å². The minimum atomic E-state index is -3.94. The van der Waals surface area contributed by atoms with Crippen LogP contribution in [0, 0.1) is 5.92 Å². The maximum atomic E-state index is 12.5. The van der Waals surface area contributed by atoms with Crippen molar-refractivity contribution in [3.8, 4) is 0 Å². The van der Waals surface area contributed by atoms with Crippen molar-refractivity contribution in [2.75, 3.05) is 20.4 Å². The van der Waals surface area contributed by atoms with E-state index in [1.54, 1.807) is 14.1 Å². The summed E-state index contributed by atoms with van der Waals surface area (Å²) in [5, 5.41) is 0. The van der Waals surface area contributed by atoms with Crippen LogP contribution in [0.2, 0.25) is 0 Å². The summed E-state index contributed by atoms with van der Waals surface area (Å²) >= 11 is 0. The summed E-state index contributed by atoms with van der Waals surface area (Å²) < 4.78 is 50.3. The van der Waals surface area contributed by atoms with E-state index in [-0.39, 0.29) is 21.6 Å². The number of rotatable bonds is 7. The Morgan fingerprint density at radius 1 is 1.04 bits per heavy atom. The highest BCUT2D eigenvalue weighted by Gasteiger charge is 2.27. The van der Waals surface area contributed by atoms with Gasteiger partial charge in [0.2, 0.25) is 15.9 Å². The van der Waals surface area contributed by atoms with Crippen LogP contribution in [0.1, 0.15) is 20.3 Å². The lowest BCUT2D eigenvalue weighted by Crippen LogP contribution is -2.46. The number of likely N-dealkylation sites (N-methyl/N-ethyl adjacent to an activating group) is 1. The maximum Gasteiger partial charge on any atom is 0.241 e. The highest BCUT2D eigenvalue weighted by atomic mass is 32.2. The van der Waals surface area contributed by atoms with Crippen molar-refractivity contribution in [3.63, 3.8) is 0 Å². The Kier molecular flexibility index (Phi) is 6.54. The zero-order valence-corrected chi connectivity index (χ0v) is 16.1. The first-order valence-corrected chi connectivity index (χ1v) is 10.8. The summed E-state index contributed by atoms with van der Waals surface area (Å²) in [4.78, 5) is 13.5. The number of hydrogen-bond donors (Lipinski definition) is 1. The predicted octanol–water partition coefficient (Wildman–Crippen LogP) is 0.871. The fourth-order valence-corrected chi connectivity index (χ4v) is 3.94.